The van der Waals surface area contributed by atoms with Crippen LogP contribution in [0.1, 0.15) is 53.6 Å². The third-order valence-corrected chi connectivity index (χ3v) is 5.99. The zero-order chi connectivity index (χ0) is 17.2. The molecular formula is C20H27N3O2. The predicted molar refractivity (Wildman–Crippen MR) is 96.6 cm³/mol. The Morgan fingerprint density at radius 3 is 2.60 bits per heavy atom. The molecule has 0 bridgehead atoms. The van der Waals surface area contributed by atoms with Gasteiger partial charge in [-0.3, -0.25) is 14.5 Å². The predicted octanol–water partition coefficient (Wildman–Crippen LogP) is 1.65. The molecule has 2 N–H and O–H groups in total. The van der Waals surface area contributed by atoms with Gasteiger partial charge in [0.2, 0.25) is 5.91 Å². The van der Waals surface area contributed by atoms with Gasteiger partial charge in [0.1, 0.15) is 0 Å². The van der Waals surface area contributed by atoms with E-state index in [1.165, 1.54) is 30.4 Å². The fourth-order valence-corrected chi connectivity index (χ4v) is 4.15. The molecule has 1 saturated heterocycles. The lowest BCUT2D eigenvalue weighted by molar-refractivity contribution is -0.119. The molecule has 25 heavy (non-hydrogen) atoms. The van der Waals surface area contributed by atoms with Gasteiger partial charge in [0.05, 0.1) is 0 Å². The van der Waals surface area contributed by atoms with Gasteiger partial charge in [0, 0.05) is 43.7 Å². The number of amides is 2. The van der Waals surface area contributed by atoms with Crippen molar-refractivity contribution in [2.45, 2.75) is 57.0 Å². The number of nitrogens with zero attached hydrogens (tertiary/aromatic N) is 1. The maximum atomic E-state index is 12.4. The van der Waals surface area contributed by atoms with Gasteiger partial charge < -0.3 is 10.6 Å². The highest BCUT2D eigenvalue weighted by molar-refractivity contribution is 5.94. The normalized spacial score (nSPS) is 24.2. The number of hydrogen-bond acceptors (Lipinski definition) is 3. The molecule has 4 rings (SSSR count). The van der Waals surface area contributed by atoms with E-state index >= 15 is 0 Å². The van der Waals surface area contributed by atoms with Crippen LogP contribution in [-0.2, 0) is 17.6 Å². The van der Waals surface area contributed by atoms with E-state index in [1.807, 2.05) is 6.07 Å². The average Bonchev–Trinajstić information content (AvgIpc) is 2.87. The third-order valence-electron chi connectivity index (χ3n) is 5.99. The molecule has 3 aliphatic rings. The minimum absolute atomic E-state index is 0.0379. The Balaban J connectivity index is 1.36. The summed E-state index contributed by atoms with van der Waals surface area (Å²) < 4.78 is 0. The van der Waals surface area contributed by atoms with Crippen LogP contribution in [0.2, 0.25) is 0 Å². The zero-order valence-electron chi connectivity index (χ0n) is 14.7. The maximum Gasteiger partial charge on any atom is 0.251 e. The molecule has 2 fully saturated rings. The van der Waals surface area contributed by atoms with Gasteiger partial charge in [-0.25, -0.2) is 0 Å². The van der Waals surface area contributed by atoms with Crippen molar-refractivity contribution in [3.8, 4) is 0 Å². The Morgan fingerprint density at radius 2 is 1.92 bits per heavy atom. The van der Waals surface area contributed by atoms with E-state index in [0.717, 1.165) is 44.0 Å². The van der Waals surface area contributed by atoms with Crippen LogP contribution in [0.4, 0.5) is 0 Å². The summed E-state index contributed by atoms with van der Waals surface area (Å²) in [5, 5.41) is 5.85. The third kappa shape index (κ3) is 3.71. The minimum Gasteiger partial charge on any atom is -0.352 e. The SMILES string of the molecule is O=C1CCC(CNC(=O)c2ccc3c(c2)CCN(C2CCC2)CC3)N1. The van der Waals surface area contributed by atoms with Gasteiger partial charge in [-0.1, -0.05) is 12.5 Å². The molecule has 0 spiro atoms. The molecule has 1 unspecified atom stereocenters. The summed E-state index contributed by atoms with van der Waals surface area (Å²) in [7, 11) is 0. The molecule has 1 aromatic carbocycles. The number of hydrogen-bond donors (Lipinski definition) is 2. The van der Waals surface area contributed by atoms with Crippen molar-refractivity contribution in [1.82, 2.24) is 15.5 Å². The largest absolute Gasteiger partial charge is 0.352 e. The Kier molecular flexibility index (Phi) is 4.75. The molecule has 1 atom stereocenters. The summed E-state index contributed by atoms with van der Waals surface area (Å²) in [5.74, 6) is 0.0457. The van der Waals surface area contributed by atoms with Crippen LogP contribution in [-0.4, -0.2) is 48.4 Å². The molecule has 2 amide bonds. The maximum absolute atomic E-state index is 12.4. The smallest absolute Gasteiger partial charge is 0.251 e. The van der Waals surface area contributed by atoms with E-state index in [4.69, 9.17) is 0 Å². The van der Waals surface area contributed by atoms with Gasteiger partial charge in [0.25, 0.3) is 5.91 Å². The van der Waals surface area contributed by atoms with Crippen LogP contribution in [0.15, 0.2) is 18.2 Å². The number of nitrogens with one attached hydrogen (secondary N) is 2. The van der Waals surface area contributed by atoms with Gasteiger partial charge in [-0.05, 0) is 55.4 Å². The molecule has 5 heteroatoms. The first-order valence-corrected chi connectivity index (χ1v) is 9.62. The highest BCUT2D eigenvalue weighted by Gasteiger charge is 2.26. The average molecular weight is 341 g/mol. The summed E-state index contributed by atoms with van der Waals surface area (Å²) in [6.45, 7) is 2.76. The highest BCUT2D eigenvalue weighted by Crippen LogP contribution is 2.27. The summed E-state index contributed by atoms with van der Waals surface area (Å²) >= 11 is 0. The van der Waals surface area contributed by atoms with Crippen LogP contribution in [0, 0.1) is 0 Å². The van der Waals surface area contributed by atoms with Crippen LogP contribution in [0.5, 0.6) is 0 Å². The second-order valence-corrected chi connectivity index (χ2v) is 7.62. The Hall–Kier alpha value is -1.88. The zero-order valence-corrected chi connectivity index (χ0v) is 14.7. The summed E-state index contributed by atoms with van der Waals surface area (Å²) in [6, 6.07) is 7.01. The topological polar surface area (TPSA) is 61.4 Å². The molecule has 1 saturated carbocycles. The number of fused-ring (bicyclic) bond motifs is 1. The van der Waals surface area contributed by atoms with Crippen LogP contribution >= 0.6 is 0 Å². The van der Waals surface area contributed by atoms with Crippen molar-refractivity contribution in [2.75, 3.05) is 19.6 Å². The Morgan fingerprint density at radius 1 is 1.12 bits per heavy atom. The van der Waals surface area contributed by atoms with E-state index in [9.17, 15) is 9.59 Å². The molecule has 5 nitrogen and oxygen atoms in total. The van der Waals surface area contributed by atoms with Crippen LogP contribution in [0.3, 0.4) is 0 Å². The monoisotopic (exact) mass is 341 g/mol. The molecule has 1 aliphatic carbocycles. The van der Waals surface area contributed by atoms with Crippen molar-refractivity contribution >= 4 is 11.8 Å². The van der Waals surface area contributed by atoms with Crippen molar-refractivity contribution < 1.29 is 9.59 Å². The quantitative estimate of drug-likeness (QED) is 0.875. The van der Waals surface area contributed by atoms with Gasteiger partial charge in [0.15, 0.2) is 0 Å². The van der Waals surface area contributed by atoms with E-state index in [-0.39, 0.29) is 17.9 Å². The summed E-state index contributed by atoms with van der Waals surface area (Å²) in [6.07, 6.45) is 7.56. The molecule has 2 heterocycles. The minimum atomic E-state index is -0.0379. The Labute approximate surface area is 149 Å². The van der Waals surface area contributed by atoms with Gasteiger partial charge >= 0.3 is 0 Å². The molecule has 134 valence electrons. The summed E-state index contributed by atoms with van der Waals surface area (Å²) in [4.78, 5) is 26.3. The fourth-order valence-electron chi connectivity index (χ4n) is 4.15. The summed E-state index contributed by atoms with van der Waals surface area (Å²) in [5.41, 5.74) is 3.45. The highest BCUT2D eigenvalue weighted by atomic mass is 16.2. The van der Waals surface area contributed by atoms with Crippen molar-refractivity contribution in [3.63, 3.8) is 0 Å². The first-order valence-electron chi connectivity index (χ1n) is 9.62. The van der Waals surface area contributed by atoms with E-state index in [2.05, 4.69) is 27.7 Å². The second-order valence-electron chi connectivity index (χ2n) is 7.62. The van der Waals surface area contributed by atoms with E-state index in [0.29, 0.717) is 13.0 Å². The van der Waals surface area contributed by atoms with Gasteiger partial charge in [-0.15, -0.1) is 0 Å². The molecular weight excluding hydrogens is 314 g/mol. The molecule has 0 radical (unpaired) electrons. The molecule has 1 aromatic rings. The van der Waals surface area contributed by atoms with Crippen LogP contribution < -0.4 is 10.6 Å². The first-order chi connectivity index (χ1) is 12.2. The number of carbonyl (C=O) groups excluding carboxylic acids is 2. The number of rotatable bonds is 4. The molecule has 2 aliphatic heterocycles. The Bertz CT molecular complexity index is 669. The first kappa shape index (κ1) is 16.6. The number of benzene rings is 1. The lowest BCUT2D eigenvalue weighted by Gasteiger charge is -2.36. The van der Waals surface area contributed by atoms with Crippen molar-refractivity contribution in [1.29, 1.82) is 0 Å². The van der Waals surface area contributed by atoms with Gasteiger partial charge in [-0.2, -0.15) is 0 Å². The standard InChI is InChI=1S/C20H27N3O2/c24-19-7-6-17(22-19)13-21-20(25)16-5-4-14-8-10-23(18-2-1-3-18)11-9-15(14)12-16/h4-5,12,17-18H,1-3,6-11,13H2,(H,21,25)(H,22,24). The van der Waals surface area contributed by atoms with Crippen molar-refractivity contribution in [3.05, 3.63) is 34.9 Å². The van der Waals surface area contributed by atoms with E-state index < -0.39 is 0 Å². The lowest BCUT2D eigenvalue weighted by Crippen LogP contribution is -2.41. The lowest BCUT2D eigenvalue weighted by atomic mass is 9.91. The second kappa shape index (κ2) is 7.16. The molecule has 0 aromatic heterocycles. The fraction of sp³-hybridized carbons (Fsp3) is 0.600. The van der Waals surface area contributed by atoms with E-state index in [1.54, 1.807) is 0 Å². The number of carbonyl (C=O) groups is 2. The van der Waals surface area contributed by atoms with Crippen molar-refractivity contribution in [2.24, 2.45) is 0 Å². The van der Waals surface area contributed by atoms with Crippen LogP contribution in [0.25, 0.3) is 0 Å².